The van der Waals surface area contributed by atoms with Gasteiger partial charge in [0.1, 0.15) is 0 Å². The highest BCUT2D eigenvalue weighted by Gasteiger charge is 2.41. The summed E-state index contributed by atoms with van der Waals surface area (Å²) in [7, 11) is -0.902. The third-order valence-corrected chi connectivity index (χ3v) is 5.15. The second kappa shape index (κ2) is 7.62. The van der Waals surface area contributed by atoms with Crippen molar-refractivity contribution in [2.24, 2.45) is 17.8 Å². The van der Waals surface area contributed by atoms with E-state index in [1.54, 1.807) is 0 Å². The van der Waals surface area contributed by atoms with Crippen LogP contribution in [0.25, 0.3) is 0 Å². The molecule has 0 aromatic carbocycles. The zero-order chi connectivity index (χ0) is 14.4. The maximum absolute atomic E-state index is 12.0. The first kappa shape index (κ1) is 16.1. The first-order chi connectivity index (χ1) is 8.99. The molecule has 0 aromatic rings. The molecule has 1 amide bonds. The zero-order valence-corrected chi connectivity index (χ0v) is 12.4. The van der Waals surface area contributed by atoms with E-state index in [1.165, 1.54) is 0 Å². The van der Waals surface area contributed by atoms with E-state index in [1.807, 2.05) is 13.8 Å². The molecular formula is C13H23NO4S. The molecule has 0 heterocycles. The summed E-state index contributed by atoms with van der Waals surface area (Å²) in [4.78, 5) is 23.2. The fourth-order valence-corrected chi connectivity index (χ4v) is 3.22. The molecule has 0 saturated heterocycles. The van der Waals surface area contributed by atoms with Gasteiger partial charge in [0.2, 0.25) is 5.91 Å². The molecule has 1 saturated carbocycles. The lowest BCUT2D eigenvalue weighted by atomic mass is 9.95. The van der Waals surface area contributed by atoms with E-state index in [4.69, 9.17) is 5.11 Å². The van der Waals surface area contributed by atoms with Crippen molar-refractivity contribution in [2.75, 3.05) is 18.1 Å². The van der Waals surface area contributed by atoms with E-state index in [2.05, 4.69) is 5.32 Å². The molecule has 1 aliphatic carbocycles. The van der Waals surface area contributed by atoms with Gasteiger partial charge in [-0.3, -0.25) is 13.8 Å². The summed E-state index contributed by atoms with van der Waals surface area (Å²) < 4.78 is 11.3. The Hall–Kier alpha value is -0.910. The Morgan fingerprint density at radius 1 is 1.26 bits per heavy atom. The van der Waals surface area contributed by atoms with Crippen LogP contribution in [0.4, 0.5) is 0 Å². The standard InChI is InChI=1S/C13H23NO4S/c1-3-9-7-10(11(8-9)13(16)17)12(15)14-5-6-19(18)4-2/h9-11H,3-8H2,1-2H3,(H,14,15)(H,16,17)/t9?,10-,11+,19?/m0/s1. The minimum absolute atomic E-state index is 0.198. The predicted molar refractivity (Wildman–Crippen MR) is 74.2 cm³/mol. The second-order valence-electron chi connectivity index (χ2n) is 5.02. The largest absolute Gasteiger partial charge is 0.481 e. The minimum atomic E-state index is -0.902. The highest BCUT2D eigenvalue weighted by molar-refractivity contribution is 7.84. The van der Waals surface area contributed by atoms with Crippen LogP contribution in [0.15, 0.2) is 0 Å². The van der Waals surface area contributed by atoms with Gasteiger partial charge in [-0.1, -0.05) is 20.3 Å². The lowest BCUT2D eigenvalue weighted by Gasteiger charge is -2.15. The Balaban J connectivity index is 2.49. The van der Waals surface area contributed by atoms with Crippen LogP contribution < -0.4 is 5.32 Å². The molecule has 2 N–H and O–H groups in total. The number of nitrogens with one attached hydrogen (secondary N) is 1. The lowest BCUT2D eigenvalue weighted by Crippen LogP contribution is -2.37. The average Bonchev–Trinajstić information content (AvgIpc) is 2.82. The summed E-state index contributed by atoms with van der Waals surface area (Å²) in [6.45, 7) is 4.22. The van der Waals surface area contributed by atoms with Crippen LogP contribution in [0.3, 0.4) is 0 Å². The van der Waals surface area contributed by atoms with Crippen molar-refractivity contribution in [3.8, 4) is 0 Å². The van der Waals surface area contributed by atoms with E-state index in [0.29, 0.717) is 36.8 Å². The maximum Gasteiger partial charge on any atom is 0.307 e. The number of amides is 1. The second-order valence-corrected chi connectivity index (χ2v) is 6.89. The molecule has 5 nitrogen and oxygen atoms in total. The first-order valence-electron chi connectivity index (χ1n) is 6.85. The molecule has 0 aliphatic heterocycles. The molecule has 0 radical (unpaired) electrons. The summed E-state index contributed by atoms with van der Waals surface area (Å²) in [6.07, 6.45) is 2.15. The van der Waals surface area contributed by atoms with Crippen molar-refractivity contribution in [1.29, 1.82) is 0 Å². The molecule has 1 aliphatic rings. The van der Waals surface area contributed by atoms with Crippen molar-refractivity contribution in [2.45, 2.75) is 33.1 Å². The van der Waals surface area contributed by atoms with Gasteiger partial charge in [0.05, 0.1) is 11.8 Å². The van der Waals surface area contributed by atoms with Crippen molar-refractivity contribution in [3.63, 3.8) is 0 Å². The van der Waals surface area contributed by atoms with Crippen LogP contribution in [0, 0.1) is 17.8 Å². The fourth-order valence-electron chi connectivity index (χ4n) is 2.60. The van der Waals surface area contributed by atoms with Gasteiger partial charge in [0.15, 0.2) is 0 Å². The van der Waals surface area contributed by atoms with Crippen LogP contribution >= 0.6 is 0 Å². The van der Waals surface area contributed by atoms with Crippen molar-refractivity contribution < 1.29 is 18.9 Å². The first-order valence-corrected chi connectivity index (χ1v) is 8.33. The lowest BCUT2D eigenvalue weighted by molar-refractivity contribution is -0.146. The van der Waals surface area contributed by atoms with Crippen molar-refractivity contribution in [1.82, 2.24) is 5.32 Å². The monoisotopic (exact) mass is 289 g/mol. The van der Waals surface area contributed by atoms with Crippen LogP contribution in [-0.4, -0.2) is 39.2 Å². The Labute approximate surface area is 116 Å². The van der Waals surface area contributed by atoms with Gasteiger partial charge in [-0.2, -0.15) is 0 Å². The molecule has 0 bridgehead atoms. The molecule has 1 fully saturated rings. The smallest absolute Gasteiger partial charge is 0.307 e. The number of carboxylic acid groups (broad SMARTS) is 1. The molecule has 0 spiro atoms. The number of carbonyl (C=O) groups excluding carboxylic acids is 1. The number of carboxylic acids is 1. The highest BCUT2D eigenvalue weighted by atomic mass is 32.2. The summed E-state index contributed by atoms with van der Waals surface area (Å²) >= 11 is 0. The maximum atomic E-state index is 12.0. The molecule has 4 atom stereocenters. The van der Waals surface area contributed by atoms with Crippen molar-refractivity contribution in [3.05, 3.63) is 0 Å². The van der Waals surface area contributed by atoms with Crippen LogP contribution in [0.5, 0.6) is 0 Å². The van der Waals surface area contributed by atoms with E-state index >= 15 is 0 Å². The summed E-state index contributed by atoms with van der Waals surface area (Å²) in [5, 5.41) is 11.9. The molecule has 2 unspecified atom stereocenters. The van der Waals surface area contributed by atoms with Gasteiger partial charge in [0, 0.05) is 28.9 Å². The van der Waals surface area contributed by atoms with Gasteiger partial charge in [-0.25, -0.2) is 0 Å². The van der Waals surface area contributed by atoms with E-state index in [0.717, 1.165) is 6.42 Å². The third-order valence-electron chi connectivity index (χ3n) is 3.84. The number of hydrogen-bond acceptors (Lipinski definition) is 3. The van der Waals surface area contributed by atoms with Crippen LogP contribution in [-0.2, 0) is 20.4 Å². The topological polar surface area (TPSA) is 83.5 Å². The van der Waals surface area contributed by atoms with Gasteiger partial charge in [-0.05, 0) is 18.8 Å². The summed E-state index contributed by atoms with van der Waals surface area (Å²) in [5.74, 6) is -0.746. The quantitative estimate of drug-likeness (QED) is 0.732. The molecule has 110 valence electrons. The van der Waals surface area contributed by atoms with Gasteiger partial charge in [-0.15, -0.1) is 0 Å². The molecule has 6 heteroatoms. The molecule has 1 rings (SSSR count). The van der Waals surface area contributed by atoms with Crippen LogP contribution in [0.1, 0.15) is 33.1 Å². The third kappa shape index (κ3) is 4.60. The van der Waals surface area contributed by atoms with E-state index in [-0.39, 0.29) is 5.91 Å². The Morgan fingerprint density at radius 2 is 1.89 bits per heavy atom. The number of carbonyl (C=O) groups is 2. The van der Waals surface area contributed by atoms with Gasteiger partial charge in [0.25, 0.3) is 0 Å². The molecular weight excluding hydrogens is 266 g/mol. The van der Waals surface area contributed by atoms with E-state index < -0.39 is 28.6 Å². The number of rotatable bonds is 7. The average molecular weight is 289 g/mol. The highest BCUT2D eigenvalue weighted by Crippen LogP contribution is 2.38. The molecule has 19 heavy (non-hydrogen) atoms. The fraction of sp³-hybridized carbons (Fsp3) is 0.846. The number of aliphatic carboxylic acids is 1. The van der Waals surface area contributed by atoms with Gasteiger partial charge < -0.3 is 10.4 Å². The predicted octanol–water partition coefficient (Wildman–Crippen LogP) is 1.01. The Morgan fingerprint density at radius 3 is 2.42 bits per heavy atom. The summed E-state index contributed by atoms with van der Waals surface area (Å²) in [5.41, 5.74) is 0. The van der Waals surface area contributed by atoms with Crippen molar-refractivity contribution >= 4 is 22.7 Å². The zero-order valence-electron chi connectivity index (χ0n) is 11.6. The number of hydrogen-bond donors (Lipinski definition) is 2. The van der Waals surface area contributed by atoms with E-state index in [9.17, 15) is 13.8 Å². The Bertz CT molecular complexity index is 359. The summed E-state index contributed by atoms with van der Waals surface area (Å²) in [6, 6.07) is 0. The van der Waals surface area contributed by atoms with Gasteiger partial charge >= 0.3 is 5.97 Å². The SMILES string of the molecule is CCC1C[C@H](C(=O)NCCS(=O)CC)[C@H](C(=O)O)C1. The Kier molecular flexibility index (Phi) is 6.48. The van der Waals surface area contributed by atoms with Crippen LogP contribution in [0.2, 0.25) is 0 Å². The normalized spacial score (nSPS) is 28.0. The minimum Gasteiger partial charge on any atom is -0.481 e. The molecule has 0 aromatic heterocycles.